The summed E-state index contributed by atoms with van der Waals surface area (Å²) in [4.78, 5) is 1.56. The second-order valence-electron chi connectivity index (χ2n) is 4.99. The molecule has 0 amide bonds. The molecule has 0 radical (unpaired) electrons. The average Bonchev–Trinajstić information content (AvgIpc) is 2.69. The summed E-state index contributed by atoms with van der Waals surface area (Å²) in [5.74, 6) is 0.318. The van der Waals surface area contributed by atoms with Crippen LogP contribution in [0.5, 0.6) is 0 Å². The van der Waals surface area contributed by atoms with E-state index in [1.807, 2.05) is 11.3 Å². The van der Waals surface area contributed by atoms with Gasteiger partial charge in [-0.25, -0.2) is 0 Å². The van der Waals surface area contributed by atoms with E-state index in [0.717, 1.165) is 0 Å². The van der Waals surface area contributed by atoms with Crippen LogP contribution in [0.4, 0.5) is 0 Å². The molecule has 0 bridgehead atoms. The number of rotatable bonds is 4. The third kappa shape index (κ3) is 3.22. The van der Waals surface area contributed by atoms with E-state index >= 15 is 0 Å². The molecule has 1 aliphatic rings. The molecule has 2 nitrogen and oxygen atoms in total. The molecule has 1 aliphatic carbocycles. The summed E-state index contributed by atoms with van der Waals surface area (Å²) in [5, 5.41) is 12.9. The van der Waals surface area contributed by atoms with Gasteiger partial charge in [-0.3, -0.25) is 0 Å². The summed E-state index contributed by atoms with van der Waals surface area (Å²) in [5.41, 5.74) is 1.50. The largest absolute Gasteiger partial charge is 0.396 e. The number of aryl methyl sites for hydroxylation is 1. The van der Waals surface area contributed by atoms with Gasteiger partial charge in [-0.2, -0.15) is 0 Å². The van der Waals surface area contributed by atoms with E-state index in [-0.39, 0.29) is 6.61 Å². The van der Waals surface area contributed by atoms with Gasteiger partial charge < -0.3 is 10.4 Å². The third-order valence-corrected chi connectivity index (χ3v) is 5.66. The van der Waals surface area contributed by atoms with E-state index in [0.29, 0.717) is 18.0 Å². The van der Waals surface area contributed by atoms with Gasteiger partial charge in [0, 0.05) is 23.6 Å². The molecule has 3 atom stereocenters. The first-order valence-electron chi connectivity index (χ1n) is 6.26. The second kappa shape index (κ2) is 5.99. The number of hydrogen-bond donors (Lipinski definition) is 2. The van der Waals surface area contributed by atoms with E-state index in [2.05, 4.69) is 47.8 Å². The molecule has 1 aromatic rings. The SMILES string of the molecule is CC(CO)C(C)NC1CCCc2sc(I)cc21. The zero-order valence-electron chi connectivity index (χ0n) is 10.4. The van der Waals surface area contributed by atoms with Crippen LogP contribution in [0, 0.1) is 8.80 Å². The number of aliphatic hydroxyl groups excluding tert-OH is 1. The monoisotopic (exact) mass is 365 g/mol. The van der Waals surface area contributed by atoms with E-state index in [1.54, 1.807) is 4.88 Å². The number of aliphatic hydroxyl groups is 1. The highest BCUT2D eigenvalue weighted by molar-refractivity contribution is 14.1. The van der Waals surface area contributed by atoms with Gasteiger partial charge in [0.1, 0.15) is 0 Å². The molecule has 1 heterocycles. The van der Waals surface area contributed by atoms with Gasteiger partial charge in [-0.1, -0.05) is 6.92 Å². The number of fused-ring (bicyclic) bond motifs is 1. The van der Waals surface area contributed by atoms with Crippen molar-refractivity contribution in [3.8, 4) is 0 Å². The molecule has 2 rings (SSSR count). The molecule has 0 aliphatic heterocycles. The van der Waals surface area contributed by atoms with Crippen LogP contribution < -0.4 is 5.32 Å². The van der Waals surface area contributed by atoms with Crippen LogP contribution in [0.15, 0.2) is 6.07 Å². The van der Waals surface area contributed by atoms with Crippen molar-refractivity contribution in [3.63, 3.8) is 0 Å². The molecule has 96 valence electrons. The molecule has 17 heavy (non-hydrogen) atoms. The van der Waals surface area contributed by atoms with Crippen LogP contribution in [-0.2, 0) is 6.42 Å². The fraction of sp³-hybridized carbons (Fsp3) is 0.692. The van der Waals surface area contributed by atoms with Crippen LogP contribution >= 0.6 is 33.9 Å². The molecule has 3 unspecified atom stereocenters. The van der Waals surface area contributed by atoms with Crippen molar-refractivity contribution in [2.75, 3.05) is 6.61 Å². The van der Waals surface area contributed by atoms with E-state index in [9.17, 15) is 5.11 Å². The van der Waals surface area contributed by atoms with Gasteiger partial charge in [0.2, 0.25) is 0 Å². The third-order valence-electron chi connectivity index (χ3n) is 3.69. The summed E-state index contributed by atoms with van der Waals surface area (Å²) in [6.45, 7) is 4.53. The van der Waals surface area contributed by atoms with Crippen LogP contribution in [0.25, 0.3) is 0 Å². The minimum atomic E-state index is 0.259. The Labute approximate surface area is 121 Å². The normalized spacial score (nSPS) is 23.2. The lowest BCUT2D eigenvalue weighted by Crippen LogP contribution is -2.37. The summed E-state index contributed by atoms with van der Waals surface area (Å²) in [6.07, 6.45) is 3.74. The number of thiophene rings is 1. The zero-order valence-corrected chi connectivity index (χ0v) is 13.3. The summed E-state index contributed by atoms with van der Waals surface area (Å²) in [7, 11) is 0. The molecule has 0 spiro atoms. The van der Waals surface area contributed by atoms with Crippen LogP contribution in [0.1, 0.15) is 43.2 Å². The van der Waals surface area contributed by atoms with Gasteiger partial charge >= 0.3 is 0 Å². The highest BCUT2D eigenvalue weighted by Gasteiger charge is 2.24. The lowest BCUT2D eigenvalue weighted by Gasteiger charge is -2.29. The Kier molecular flexibility index (Phi) is 4.86. The van der Waals surface area contributed by atoms with E-state index in [1.165, 1.54) is 27.7 Å². The van der Waals surface area contributed by atoms with Crippen molar-refractivity contribution in [1.29, 1.82) is 0 Å². The fourth-order valence-corrected chi connectivity index (χ4v) is 4.45. The van der Waals surface area contributed by atoms with Gasteiger partial charge in [-0.05, 0) is 66.3 Å². The van der Waals surface area contributed by atoms with Crippen molar-refractivity contribution in [2.45, 2.75) is 45.2 Å². The Bertz CT molecular complexity index is 379. The first-order valence-corrected chi connectivity index (χ1v) is 8.16. The zero-order chi connectivity index (χ0) is 12.4. The molecule has 4 heteroatoms. The van der Waals surface area contributed by atoms with Crippen molar-refractivity contribution in [1.82, 2.24) is 5.32 Å². The van der Waals surface area contributed by atoms with Crippen LogP contribution in [0.3, 0.4) is 0 Å². The quantitative estimate of drug-likeness (QED) is 0.803. The van der Waals surface area contributed by atoms with Gasteiger partial charge in [0.25, 0.3) is 0 Å². The summed E-state index contributed by atoms with van der Waals surface area (Å²) < 4.78 is 1.39. The lowest BCUT2D eigenvalue weighted by atomic mass is 9.92. The Balaban J connectivity index is 2.08. The Hall–Kier alpha value is 0.350. The molecular formula is C13H20INOS. The Morgan fingerprint density at radius 1 is 1.59 bits per heavy atom. The van der Waals surface area contributed by atoms with Crippen molar-refractivity contribution < 1.29 is 5.11 Å². The highest BCUT2D eigenvalue weighted by Crippen LogP contribution is 2.36. The predicted molar refractivity (Wildman–Crippen MR) is 81.6 cm³/mol. The second-order valence-corrected chi connectivity index (χ2v) is 8.02. The maximum absolute atomic E-state index is 9.19. The van der Waals surface area contributed by atoms with Crippen molar-refractivity contribution >= 4 is 33.9 Å². The van der Waals surface area contributed by atoms with Gasteiger partial charge in [0.05, 0.1) is 2.88 Å². The number of nitrogens with one attached hydrogen (secondary N) is 1. The Morgan fingerprint density at radius 3 is 3.06 bits per heavy atom. The van der Waals surface area contributed by atoms with Crippen molar-refractivity contribution in [3.05, 3.63) is 19.4 Å². The maximum Gasteiger partial charge on any atom is 0.0659 e. The first kappa shape index (κ1) is 13.8. The maximum atomic E-state index is 9.19. The molecule has 0 aromatic carbocycles. The highest BCUT2D eigenvalue weighted by atomic mass is 127. The van der Waals surface area contributed by atoms with Crippen LogP contribution in [0.2, 0.25) is 0 Å². The smallest absolute Gasteiger partial charge is 0.0659 e. The molecule has 0 saturated carbocycles. The molecular weight excluding hydrogens is 345 g/mol. The summed E-state index contributed by atoms with van der Waals surface area (Å²) >= 11 is 4.35. The minimum absolute atomic E-state index is 0.259. The predicted octanol–water partition coefficient (Wildman–Crippen LogP) is 3.34. The van der Waals surface area contributed by atoms with Crippen LogP contribution in [-0.4, -0.2) is 17.8 Å². The Morgan fingerprint density at radius 2 is 2.35 bits per heavy atom. The topological polar surface area (TPSA) is 32.3 Å². The lowest BCUT2D eigenvalue weighted by molar-refractivity contribution is 0.198. The molecule has 0 saturated heterocycles. The molecule has 1 aromatic heterocycles. The fourth-order valence-electron chi connectivity index (χ4n) is 2.33. The van der Waals surface area contributed by atoms with Gasteiger partial charge in [-0.15, -0.1) is 11.3 Å². The first-order chi connectivity index (χ1) is 8.11. The van der Waals surface area contributed by atoms with Crippen molar-refractivity contribution in [2.24, 2.45) is 5.92 Å². The minimum Gasteiger partial charge on any atom is -0.396 e. The van der Waals surface area contributed by atoms with Gasteiger partial charge in [0.15, 0.2) is 0 Å². The number of halogens is 1. The van der Waals surface area contributed by atoms with E-state index < -0.39 is 0 Å². The molecule has 2 N–H and O–H groups in total. The average molecular weight is 365 g/mol. The summed E-state index contributed by atoms with van der Waals surface area (Å²) in [6, 6.07) is 3.18. The standard InChI is InChI=1S/C13H20INOS/c1-8(7-16)9(2)15-11-4-3-5-12-10(11)6-13(14)17-12/h6,8-9,11,15-16H,3-5,7H2,1-2H3. The van der Waals surface area contributed by atoms with E-state index in [4.69, 9.17) is 0 Å². The molecule has 0 fully saturated rings. The number of hydrogen-bond acceptors (Lipinski definition) is 3.